The van der Waals surface area contributed by atoms with Gasteiger partial charge in [-0.05, 0) is 0 Å². The lowest BCUT2D eigenvalue weighted by atomic mass is 10.6. The first-order chi connectivity index (χ1) is 3.83. The Morgan fingerprint density at radius 2 is 2.50 bits per heavy atom. The summed E-state index contributed by atoms with van der Waals surface area (Å²) in [6.45, 7) is 2.07. The highest BCUT2D eigenvalue weighted by Crippen LogP contribution is 1.91. The van der Waals surface area contributed by atoms with Gasteiger partial charge in [0.05, 0.1) is 6.54 Å². The normalized spacial score (nSPS) is 9.75. The molecule has 0 radical (unpaired) electrons. The molecule has 2 N–H and O–H groups in total. The molecule has 0 fully saturated rings. The third-order valence-corrected chi connectivity index (χ3v) is 0.752. The summed E-state index contributed by atoms with van der Waals surface area (Å²) < 4.78 is 4.61. The third-order valence-electron chi connectivity index (χ3n) is 0.752. The van der Waals surface area contributed by atoms with Crippen molar-refractivity contribution in [3.05, 3.63) is 11.7 Å². The van der Waals surface area contributed by atoms with Crippen LogP contribution in [0.25, 0.3) is 0 Å². The molecule has 0 bridgehead atoms. The number of hydrogen-bond acceptors (Lipinski definition) is 4. The van der Waals surface area contributed by atoms with Crippen molar-refractivity contribution < 1.29 is 4.52 Å². The number of rotatable bonds is 1. The molecule has 1 aromatic rings. The number of hydrogen-bond donors (Lipinski definition) is 1. The lowest BCUT2D eigenvalue weighted by Gasteiger charge is -1.74. The Hall–Kier alpha value is -0.900. The summed E-state index contributed by atoms with van der Waals surface area (Å²) in [5.41, 5.74) is 5.18. The van der Waals surface area contributed by atoms with Crippen molar-refractivity contribution in [2.24, 2.45) is 5.73 Å². The Bertz CT molecular complexity index is 172. The van der Waals surface area contributed by atoms with E-state index in [1.807, 2.05) is 0 Å². The number of aryl methyl sites for hydroxylation is 1. The zero-order valence-corrected chi connectivity index (χ0v) is 4.59. The van der Waals surface area contributed by atoms with Crippen molar-refractivity contribution in [1.29, 1.82) is 0 Å². The summed E-state index contributed by atoms with van der Waals surface area (Å²) >= 11 is 0. The number of nitrogens with zero attached hydrogens (tertiary/aromatic N) is 2. The van der Waals surface area contributed by atoms with Crippen LogP contribution in [0.3, 0.4) is 0 Å². The Kier molecular flexibility index (Phi) is 1.26. The fourth-order valence-electron chi connectivity index (χ4n) is 0.424. The first kappa shape index (κ1) is 5.24. The Labute approximate surface area is 46.7 Å². The second kappa shape index (κ2) is 1.92. The van der Waals surface area contributed by atoms with Crippen LogP contribution in [0, 0.1) is 6.92 Å². The molecule has 0 aromatic carbocycles. The van der Waals surface area contributed by atoms with Crippen LogP contribution in [-0.4, -0.2) is 10.1 Å². The average molecular weight is 113 g/mol. The number of nitrogens with two attached hydrogens (primary N) is 1. The molecule has 0 aliphatic heterocycles. The maximum absolute atomic E-state index is 5.18. The van der Waals surface area contributed by atoms with E-state index < -0.39 is 0 Å². The fourth-order valence-corrected chi connectivity index (χ4v) is 0.424. The minimum absolute atomic E-state index is 0.345. The first-order valence-corrected chi connectivity index (χ1v) is 2.32. The Balaban J connectivity index is 2.84. The van der Waals surface area contributed by atoms with Crippen molar-refractivity contribution in [2.75, 3.05) is 0 Å². The van der Waals surface area contributed by atoms with Crippen LogP contribution >= 0.6 is 0 Å². The van der Waals surface area contributed by atoms with Crippen molar-refractivity contribution in [2.45, 2.75) is 13.5 Å². The van der Waals surface area contributed by atoms with E-state index >= 15 is 0 Å². The second-order valence-corrected chi connectivity index (χ2v) is 1.43. The minimum atomic E-state index is 0.345. The van der Waals surface area contributed by atoms with E-state index in [1.54, 1.807) is 6.92 Å². The zero-order chi connectivity index (χ0) is 5.98. The average Bonchev–Trinajstić information content (AvgIpc) is 2.14. The molecule has 1 aromatic heterocycles. The number of aromatic nitrogens is 2. The molecule has 0 atom stereocenters. The summed E-state index contributed by atoms with van der Waals surface area (Å²) in [6.07, 6.45) is 0. The van der Waals surface area contributed by atoms with Crippen molar-refractivity contribution in [3.8, 4) is 0 Å². The first-order valence-electron chi connectivity index (χ1n) is 2.32. The molecule has 0 spiro atoms. The lowest BCUT2D eigenvalue weighted by molar-refractivity contribution is 0.387. The van der Waals surface area contributed by atoms with Gasteiger partial charge in [-0.1, -0.05) is 5.16 Å². The van der Waals surface area contributed by atoms with Gasteiger partial charge >= 0.3 is 0 Å². The van der Waals surface area contributed by atoms with Gasteiger partial charge in [-0.3, -0.25) is 0 Å². The lowest BCUT2D eigenvalue weighted by Crippen LogP contribution is -1.97. The highest BCUT2D eigenvalue weighted by atomic mass is 16.5. The Morgan fingerprint density at radius 3 is 2.75 bits per heavy atom. The standard InChI is InChI=1S/C4H7N3O/c1-3-6-4(2-5)7-8-3/h2,5H2,1H3. The molecule has 0 saturated carbocycles. The molecule has 0 saturated heterocycles. The van der Waals surface area contributed by atoms with E-state index in [0.717, 1.165) is 0 Å². The van der Waals surface area contributed by atoms with E-state index in [2.05, 4.69) is 14.7 Å². The maximum atomic E-state index is 5.18. The fraction of sp³-hybridized carbons (Fsp3) is 0.500. The van der Waals surface area contributed by atoms with Crippen molar-refractivity contribution in [3.63, 3.8) is 0 Å². The van der Waals surface area contributed by atoms with Gasteiger partial charge in [0.1, 0.15) is 0 Å². The molecule has 0 aliphatic carbocycles. The summed E-state index contributed by atoms with van der Waals surface area (Å²) in [5.74, 6) is 1.12. The molecule has 0 unspecified atom stereocenters. The third kappa shape index (κ3) is 0.840. The van der Waals surface area contributed by atoms with Gasteiger partial charge in [-0.25, -0.2) is 0 Å². The van der Waals surface area contributed by atoms with Crippen LogP contribution in [0.1, 0.15) is 11.7 Å². The molecular weight excluding hydrogens is 106 g/mol. The van der Waals surface area contributed by atoms with Crippen LogP contribution in [0.15, 0.2) is 4.52 Å². The van der Waals surface area contributed by atoms with Crippen molar-refractivity contribution in [1.82, 2.24) is 10.1 Å². The summed E-state index contributed by atoms with van der Waals surface area (Å²) in [7, 11) is 0. The highest BCUT2D eigenvalue weighted by molar-refractivity contribution is 4.81. The predicted molar refractivity (Wildman–Crippen MR) is 26.9 cm³/mol. The minimum Gasteiger partial charge on any atom is -0.340 e. The summed E-state index contributed by atoms with van der Waals surface area (Å²) in [5, 5.41) is 3.52. The zero-order valence-electron chi connectivity index (χ0n) is 4.59. The van der Waals surface area contributed by atoms with E-state index in [-0.39, 0.29) is 0 Å². The van der Waals surface area contributed by atoms with Crippen LogP contribution < -0.4 is 5.73 Å². The molecule has 8 heavy (non-hydrogen) atoms. The van der Waals surface area contributed by atoms with E-state index in [4.69, 9.17) is 5.73 Å². The van der Waals surface area contributed by atoms with Gasteiger partial charge in [0, 0.05) is 6.92 Å². The second-order valence-electron chi connectivity index (χ2n) is 1.43. The van der Waals surface area contributed by atoms with E-state index in [1.165, 1.54) is 0 Å². The van der Waals surface area contributed by atoms with Crippen molar-refractivity contribution >= 4 is 0 Å². The van der Waals surface area contributed by atoms with Gasteiger partial charge < -0.3 is 10.3 Å². The summed E-state index contributed by atoms with van der Waals surface area (Å²) in [4.78, 5) is 3.83. The molecule has 4 nitrogen and oxygen atoms in total. The van der Waals surface area contributed by atoms with Gasteiger partial charge in [-0.15, -0.1) is 0 Å². The molecule has 1 heterocycles. The highest BCUT2D eigenvalue weighted by Gasteiger charge is 1.95. The van der Waals surface area contributed by atoms with E-state index in [9.17, 15) is 0 Å². The largest absolute Gasteiger partial charge is 0.340 e. The smallest absolute Gasteiger partial charge is 0.223 e. The maximum Gasteiger partial charge on any atom is 0.223 e. The van der Waals surface area contributed by atoms with E-state index in [0.29, 0.717) is 18.3 Å². The van der Waals surface area contributed by atoms with Gasteiger partial charge in [-0.2, -0.15) is 4.98 Å². The molecule has 4 heteroatoms. The van der Waals surface area contributed by atoms with Crippen LogP contribution in [-0.2, 0) is 6.54 Å². The predicted octanol–water partition coefficient (Wildman–Crippen LogP) is -0.163. The SMILES string of the molecule is Cc1nc(CN)no1. The summed E-state index contributed by atoms with van der Waals surface area (Å²) in [6, 6.07) is 0. The molecule has 0 aliphatic rings. The molecular formula is C4H7N3O. The van der Waals surface area contributed by atoms with Crippen LogP contribution in [0.2, 0.25) is 0 Å². The molecule has 44 valence electrons. The molecule has 1 rings (SSSR count). The van der Waals surface area contributed by atoms with Crippen LogP contribution in [0.4, 0.5) is 0 Å². The Morgan fingerprint density at radius 1 is 1.75 bits per heavy atom. The van der Waals surface area contributed by atoms with Gasteiger partial charge in [0.2, 0.25) is 5.89 Å². The molecule has 0 amide bonds. The van der Waals surface area contributed by atoms with Gasteiger partial charge in [0.15, 0.2) is 5.82 Å². The quantitative estimate of drug-likeness (QED) is 0.549. The van der Waals surface area contributed by atoms with Crippen LogP contribution in [0.5, 0.6) is 0 Å². The van der Waals surface area contributed by atoms with Gasteiger partial charge in [0.25, 0.3) is 0 Å². The topological polar surface area (TPSA) is 64.9 Å². The monoisotopic (exact) mass is 113 g/mol.